The first-order valence-corrected chi connectivity index (χ1v) is 17.2. The van der Waals surface area contributed by atoms with Crippen LogP contribution < -0.4 is 5.32 Å². The molecule has 1 N–H and O–H groups in total. The molecule has 0 aliphatic heterocycles. The molecule has 0 atom stereocenters. The molecule has 0 unspecified atom stereocenters. The van der Waals surface area contributed by atoms with Gasteiger partial charge in [0.2, 0.25) is 5.91 Å². The smallest absolute Gasteiger partial charge is 0.361 e. The summed E-state index contributed by atoms with van der Waals surface area (Å²) in [7, 11) is 5.36. The molecule has 0 spiro atoms. The van der Waals surface area contributed by atoms with E-state index in [0.29, 0.717) is 30.6 Å². The van der Waals surface area contributed by atoms with Crippen molar-refractivity contribution in [3.05, 3.63) is 42.8 Å². The average molecular weight is 650 g/mol. The second-order valence-corrected chi connectivity index (χ2v) is 17.7. The first kappa shape index (κ1) is 38.0. The Labute approximate surface area is 274 Å². The van der Waals surface area contributed by atoms with E-state index in [1.807, 2.05) is 14.1 Å². The standard InChI is InChI=1S/C35H56N2O5S2/c1-15-42-29(40)22-37(12,13)17-16-36-27(38)20-23-19-26(44-30(23)33(5,6)7)34(8,9)35(10,11)31-24(21-28(39)41-14)18-25(43-31)32(2,3)4/h18-19H,15-17,20-22H2,1-14H3/p+1. The zero-order valence-corrected chi connectivity index (χ0v) is 31.3. The third-order valence-electron chi connectivity index (χ3n) is 8.60. The van der Waals surface area contributed by atoms with Gasteiger partial charge in [0, 0.05) is 30.3 Å². The summed E-state index contributed by atoms with van der Waals surface area (Å²) >= 11 is 3.59. The molecule has 2 aromatic rings. The van der Waals surface area contributed by atoms with Gasteiger partial charge in [-0.3, -0.25) is 9.59 Å². The van der Waals surface area contributed by atoms with Gasteiger partial charge in [-0.15, -0.1) is 22.7 Å². The van der Waals surface area contributed by atoms with E-state index >= 15 is 0 Å². The fourth-order valence-corrected chi connectivity index (χ4v) is 8.15. The molecule has 7 nitrogen and oxygen atoms in total. The summed E-state index contributed by atoms with van der Waals surface area (Å²) in [6, 6.07) is 4.41. The van der Waals surface area contributed by atoms with Gasteiger partial charge in [-0.1, -0.05) is 69.2 Å². The molecular weight excluding hydrogens is 593 g/mol. The van der Waals surface area contributed by atoms with E-state index in [1.54, 1.807) is 29.6 Å². The lowest BCUT2D eigenvalue weighted by molar-refractivity contribution is -0.881. The van der Waals surface area contributed by atoms with Crippen LogP contribution in [-0.4, -0.2) is 69.8 Å². The number of carbonyl (C=O) groups excluding carboxylic acids is 3. The largest absolute Gasteiger partial charge is 0.469 e. The van der Waals surface area contributed by atoms with Crippen LogP contribution in [0.2, 0.25) is 0 Å². The molecule has 0 aliphatic rings. The number of esters is 2. The maximum atomic E-state index is 13.2. The third-order valence-corrected chi connectivity index (χ3v) is 12.5. The molecule has 0 aliphatic carbocycles. The second-order valence-electron chi connectivity index (χ2n) is 15.6. The number of quaternary nitrogens is 1. The van der Waals surface area contributed by atoms with Gasteiger partial charge in [0.1, 0.15) is 0 Å². The van der Waals surface area contributed by atoms with Crippen molar-refractivity contribution in [3.63, 3.8) is 0 Å². The van der Waals surface area contributed by atoms with Crippen molar-refractivity contribution in [2.75, 3.05) is 47.4 Å². The molecule has 0 bridgehead atoms. The zero-order chi connectivity index (χ0) is 33.9. The Hall–Kier alpha value is -2.23. The SMILES string of the molecule is CCOC(=O)C[N+](C)(C)CCNC(=O)Cc1cc(C(C)(C)C(C)(C)c2sc(C(C)(C)C)cc2CC(=O)OC)sc1C(C)(C)C. The van der Waals surface area contributed by atoms with Crippen LogP contribution in [0, 0.1) is 0 Å². The molecule has 2 aromatic heterocycles. The van der Waals surface area contributed by atoms with Gasteiger partial charge in [0.25, 0.3) is 0 Å². The van der Waals surface area contributed by atoms with Gasteiger partial charge >= 0.3 is 11.9 Å². The second kappa shape index (κ2) is 14.0. The van der Waals surface area contributed by atoms with Crippen LogP contribution in [0.4, 0.5) is 0 Å². The van der Waals surface area contributed by atoms with E-state index < -0.39 is 0 Å². The summed E-state index contributed by atoms with van der Waals surface area (Å²) in [5, 5.41) is 3.08. The molecule has 0 saturated heterocycles. The van der Waals surface area contributed by atoms with Crippen LogP contribution in [0.25, 0.3) is 0 Å². The highest BCUT2D eigenvalue weighted by atomic mass is 32.1. The van der Waals surface area contributed by atoms with Crippen LogP contribution in [0.3, 0.4) is 0 Å². The molecule has 2 rings (SSSR count). The number of nitrogens with zero attached hydrogens (tertiary/aromatic N) is 1. The lowest BCUT2D eigenvalue weighted by atomic mass is 9.65. The van der Waals surface area contributed by atoms with Gasteiger partial charge in [-0.05, 0) is 41.0 Å². The van der Waals surface area contributed by atoms with Crippen molar-refractivity contribution in [3.8, 4) is 0 Å². The van der Waals surface area contributed by atoms with E-state index in [0.717, 1.165) is 11.1 Å². The average Bonchev–Trinajstić information content (AvgIpc) is 3.48. The Morgan fingerprint density at radius 2 is 1.32 bits per heavy atom. The maximum Gasteiger partial charge on any atom is 0.361 e. The van der Waals surface area contributed by atoms with E-state index in [-0.39, 0.29) is 52.5 Å². The van der Waals surface area contributed by atoms with Gasteiger partial charge in [-0.2, -0.15) is 0 Å². The minimum Gasteiger partial charge on any atom is -0.469 e. The molecule has 248 valence electrons. The Morgan fingerprint density at radius 1 is 0.773 bits per heavy atom. The molecular formula is C35H57N2O5S2+. The predicted octanol–water partition coefficient (Wildman–Crippen LogP) is 6.67. The van der Waals surface area contributed by atoms with Gasteiger partial charge in [0.15, 0.2) is 6.54 Å². The number of nitrogens with one attached hydrogen (secondary N) is 1. The molecule has 0 aromatic carbocycles. The fraction of sp³-hybridized carbons (Fsp3) is 0.686. The van der Waals surface area contributed by atoms with Crippen molar-refractivity contribution in [1.82, 2.24) is 5.32 Å². The summed E-state index contributed by atoms with van der Waals surface area (Å²) in [4.78, 5) is 42.5. The van der Waals surface area contributed by atoms with Crippen LogP contribution in [0.5, 0.6) is 0 Å². The first-order valence-electron chi connectivity index (χ1n) is 15.5. The zero-order valence-electron chi connectivity index (χ0n) is 29.7. The summed E-state index contributed by atoms with van der Waals surface area (Å²) in [5.74, 6) is -0.494. The van der Waals surface area contributed by atoms with E-state index in [9.17, 15) is 14.4 Å². The molecule has 0 saturated carbocycles. The van der Waals surface area contributed by atoms with Crippen LogP contribution >= 0.6 is 22.7 Å². The molecule has 9 heteroatoms. The number of amides is 1. The van der Waals surface area contributed by atoms with Gasteiger partial charge in [0.05, 0.1) is 53.7 Å². The number of thiophene rings is 2. The maximum absolute atomic E-state index is 13.2. The third kappa shape index (κ3) is 9.39. The van der Waals surface area contributed by atoms with Crippen LogP contribution in [0.1, 0.15) is 107 Å². The summed E-state index contributed by atoms with van der Waals surface area (Å²) in [6.45, 7) is 25.8. The lowest BCUT2D eigenvalue weighted by Gasteiger charge is -2.41. The van der Waals surface area contributed by atoms with Gasteiger partial charge < -0.3 is 19.3 Å². The highest BCUT2D eigenvalue weighted by Gasteiger charge is 2.44. The molecule has 2 heterocycles. The molecule has 44 heavy (non-hydrogen) atoms. The Bertz CT molecular complexity index is 1320. The minimum absolute atomic E-state index is 0.0264. The minimum atomic E-state index is -0.313. The summed E-state index contributed by atoms with van der Waals surface area (Å²) < 4.78 is 10.6. The Morgan fingerprint density at radius 3 is 1.84 bits per heavy atom. The highest BCUT2D eigenvalue weighted by Crippen LogP contribution is 2.52. The lowest BCUT2D eigenvalue weighted by Crippen LogP contribution is -2.48. The normalized spacial score (nSPS) is 13.1. The number of rotatable bonds is 13. The molecule has 0 fully saturated rings. The number of methoxy groups -OCH3 is 1. The fourth-order valence-electron chi connectivity index (χ4n) is 5.15. The summed E-state index contributed by atoms with van der Waals surface area (Å²) in [6.07, 6.45) is 0.544. The topological polar surface area (TPSA) is 81.7 Å². The molecule has 0 radical (unpaired) electrons. The predicted molar refractivity (Wildman–Crippen MR) is 183 cm³/mol. The molecule has 1 amide bonds. The number of carbonyl (C=O) groups is 3. The Balaban J connectivity index is 2.39. The van der Waals surface area contributed by atoms with Crippen molar-refractivity contribution in [2.45, 2.75) is 111 Å². The highest BCUT2D eigenvalue weighted by molar-refractivity contribution is 7.13. The van der Waals surface area contributed by atoms with Gasteiger partial charge in [-0.25, -0.2) is 4.79 Å². The van der Waals surface area contributed by atoms with Crippen LogP contribution in [-0.2, 0) is 58.4 Å². The van der Waals surface area contributed by atoms with E-state index in [1.165, 1.54) is 26.6 Å². The van der Waals surface area contributed by atoms with E-state index in [2.05, 4.69) is 86.7 Å². The number of hydrogen-bond acceptors (Lipinski definition) is 7. The Kier molecular flexibility index (Phi) is 12.1. The van der Waals surface area contributed by atoms with Crippen molar-refractivity contribution in [1.29, 1.82) is 0 Å². The van der Waals surface area contributed by atoms with Crippen molar-refractivity contribution >= 4 is 40.5 Å². The number of ether oxygens (including phenoxy) is 2. The number of likely N-dealkylation sites (N-methyl/N-ethyl adjacent to an activating group) is 1. The van der Waals surface area contributed by atoms with E-state index in [4.69, 9.17) is 9.47 Å². The van der Waals surface area contributed by atoms with Crippen LogP contribution in [0.15, 0.2) is 12.1 Å². The first-order chi connectivity index (χ1) is 20.0. The summed E-state index contributed by atoms with van der Waals surface area (Å²) in [5.41, 5.74) is 1.30. The quantitative estimate of drug-likeness (QED) is 0.194. The monoisotopic (exact) mass is 649 g/mol. The van der Waals surface area contributed by atoms with Crippen molar-refractivity contribution in [2.24, 2.45) is 0 Å². The number of hydrogen-bond donors (Lipinski definition) is 1. The van der Waals surface area contributed by atoms with Crippen molar-refractivity contribution < 1.29 is 28.3 Å².